The lowest BCUT2D eigenvalue weighted by atomic mass is 10.2. The predicted molar refractivity (Wildman–Crippen MR) is 107 cm³/mol. The van der Waals surface area contributed by atoms with E-state index in [9.17, 15) is 13.2 Å². The number of amides is 1. The molecule has 0 aliphatic carbocycles. The molecule has 8 heteroatoms. The molecular formula is C20H26N2O5S. The van der Waals surface area contributed by atoms with E-state index in [1.54, 1.807) is 12.1 Å². The van der Waals surface area contributed by atoms with E-state index in [0.29, 0.717) is 25.5 Å². The Morgan fingerprint density at radius 1 is 1.07 bits per heavy atom. The molecule has 0 aliphatic rings. The van der Waals surface area contributed by atoms with Crippen LogP contribution in [-0.2, 0) is 26.1 Å². The van der Waals surface area contributed by atoms with Gasteiger partial charge in [0, 0.05) is 20.2 Å². The minimum absolute atomic E-state index is 0.0914. The number of carbonyl (C=O) groups is 1. The van der Waals surface area contributed by atoms with Gasteiger partial charge in [-0.05, 0) is 36.8 Å². The first-order valence-corrected chi connectivity index (χ1v) is 10.4. The van der Waals surface area contributed by atoms with Gasteiger partial charge in [-0.25, -0.2) is 8.42 Å². The van der Waals surface area contributed by atoms with Crippen molar-refractivity contribution in [3.05, 3.63) is 60.2 Å². The maximum atomic E-state index is 13.2. The molecule has 1 N–H and O–H groups in total. The minimum Gasteiger partial charge on any atom is -0.494 e. The number of benzene rings is 2. The topological polar surface area (TPSA) is 84.9 Å². The summed E-state index contributed by atoms with van der Waals surface area (Å²) in [6.45, 7) is 2.83. The molecule has 0 fully saturated rings. The summed E-state index contributed by atoms with van der Waals surface area (Å²) in [6, 6.07) is 15.3. The SMILES string of the molecule is CCOc1ccc(S(=O)(=O)N(CC(=O)NCCOC)Cc2ccccc2)cc1. The highest BCUT2D eigenvalue weighted by molar-refractivity contribution is 7.89. The first kappa shape index (κ1) is 21.9. The zero-order valence-electron chi connectivity index (χ0n) is 16.1. The summed E-state index contributed by atoms with van der Waals surface area (Å²) in [5.41, 5.74) is 0.793. The standard InChI is InChI=1S/C20H26N2O5S/c1-3-27-18-9-11-19(12-10-18)28(24,25)22(15-17-7-5-4-6-8-17)16-20(23)21-13-14-26-2/h4-12H,3,13-16H2,1-2H3,(H,21,23). The number of methoxy groups -OCH3 is 1. The lowest BCUT2D eigenvalue weighted by Crippen LogP contribution is -2.41. The summed E-state index contributed by atoms with van der Waals surface area (Å²) < 4.78 is 37.7. The fourth-order valence-electron chi connectivity index (χ4n) is 2.55. The molecule has 0 radical (unpaired) electrons. The van der Waals surface area contributed by atoms with Crippen LogP contribution in [-0.4, -0.2) is 52.0 Å². The highest BCUT2D eigenvalue weighted by Gasteiger charge is 2.27. The highest BCUT2D eigenvalue weighted by atomic mass is 32.2. The van der Waals surface area contributed by atoms with Crippen LogP contribution in [0.25, 0.3) is 0 Å². The van der Waals surface area contributed by atoms with Crippen molar-refractivity contribution in [1.82, 2.24) is 9.62 Å². The molecule has 0 saturated heterocycles. The Morgan fingerprint density at radius 2 is 1.75 bits per heavy atom. The third-order valence-electron chi connectivity index (χ3n) is 3.92. The molecule has 2 rings (SSSR count). The second kappa shape index (κ2) is 10.8. The van der Waals surface area contributed by atoms with Crippen molar-refractivity contribution in [3.8, 4) is 5.75 Å². The molecule has 7 nitrogen and oxygen atoms in total. The van der Waals surface area contributed by atoms with Gasteiger partial charge in [-0.3, -0.25) is 4.79 Å². The van der Waals surface area contributed by atoms with Crippen LogP contribution in [0.4, 0.5) is 0 Å². The molecule has 0 atom stereocenters. The van der Waals surface area contributed by atoms with Crippen molar-refractivity contribution in [2.75, 3.05) is 33.4 Å². The fraction of sp³-hybridized carbons (Fsp3) is 0.350. The van der Waals surface area contributed by atoms with E-state index in [1.165, 1.54) is 23.5 Å². The van der Waals surface area contributed by atoms with Gasteiger partial charge in [-0.2, -0.15) is 4.31 Å². The van der Waals surface area contributed by atoms with Crippen LogP contribution in [0, 0.1) is 0 Å². The predicted octanol–water partition coefficient (Wildman–Crippen LogP) is 2.04. The molecule has 0 unspecified atom stereocenters. The van der Waals surface area contributed by atoms with Gasteiger partial charge in [0.25, 0.3) is 0 Å². The Kier molecular flexibility index (Phi) is 8.43. The average molecular weight is 407 g/mol. The van der Waals surface area contributed by atoms with Crippen LogP contribution < -0.4 is 10.1 Å². The number of nitrogens with zero attached hydrogens (tertiary/aromatic N) is 1. The number of rotatable bonds is 11. The number of hydrogen-bond acceptors (Lipinski definition) is 5. The minimum atomic E-state index is -3.87. The Balaban J connectivity index is 2.23. The van der Waals surface area contributed by atoms with Crippen LogP contribution in [0.2, 0.25) is 0 Å². The highest BCUT2D eigenvalue weighted by Crippen LogP contribution is 2.21. The van der Waals surface area contributed by atoms with E-state index < -0.39 is 10.0 Å². The number of ether oxygens (including phenoxy) is 2. The second-order valence-corrected chi connectivity index (χ2v) is 7.94. The van der Waals surface area contributed by atoms with Crippen LogP contribution in [0.1, 0.15) is 12.5 Å². The van der Waals surface area contributed by atoms with Gasteiger partial charge in [0.2, 0.25) is 15.9 Å². The van der Waals surface area contributed by atoms with Crippen molar-refractivity contribution in [3.63, 3.8) is 0 Å². The fourth-order valence-corrected chi connectivity index (χ4v) is 3.93. The smallest absolute Gasteiger partial charge is 0.243 e. The summed E-state index contributed by atoms with van der Waals surface area (Å²) in [6.07, 6.45) is 0. The zero-order chi connectivity index (χ0) is 20.4. The molecule has 152 valence electrons. The monoisotopic (exact) mass is 406 g/mol. The molecule has 0 bridgehead atoms. The lowest BCUT2D eigenvalue weighted by molar-refractivity contribution is -0.121. The summed E-state index contributed by atoms with van der Waals surface area (Å²) in [5, 5.41) is 2.66. The van der Waals surface area contributed by atoms with Crippen LogP contribution in [0.3, 0.4) is 0 Å². The van der Waals surface area contributed by atoms with Crippen molar-refractivity contribution in [1.29, 1.82) is 0 Å². The molecule has 28 heavy (non-hydrogen) atoms. The molecule has 2 aromatic carbocycles. The first-order chi connectivity index (χ1) is 13.5. The number of hydrogen-bond donors (Lipinski definition) is 1. The Labute approximate surface area is 166 Å². The molecule has 0 aromatic heterocycles. The van der Waals surface area contributed by atoms with Crippen molar-refractivity contribution < 1.29 is 22.7 Å². The third kappa shape index (κ3) is 6.33. The normalized spacial score (nSPS) is 11.4. The van der Waals surface area contributed by atoms with Gasteiger partial charge in [-0.1, -0.05) is 30.3 Å². The summed E-state index contributed by atoms with van der Waals surface area (Å²) in [7, 11) is -2.34. The molecule has 0 heterocycles. The van der Waals surface area contributed by atoms with Crippen LogP contribution >= 0.6 is 0 Å². The van der Waals surface area contributed by atoms with Gasteiger partial charge in [-0.15, -0.1) is 0 Å². The second-order valence-electron chi connectivity index (χ2n) is 6.01. The Morgan fingerprint density at radius 3 is 2.36 bits per heavy atom. The lowest BCUT2D eigenvalue weighted by Gasteiger charge is -2.22. The van der Waals surface area contributed by atoms with Crippen LogP contribution in [0.15, 0.2) is 59.5 Å². The van der Waals surface area contributed by atoms with E-state index in [0.717, 1.165) is 5.56 Å². The molecule has 0 saturated carbocycles. The van der Waals surface area contributed by atoms with Gasteiger partial charge in [0.15, 0.2) is 0 Å². The molecular weight excluding hydrogens is 380 g/mol. The van der Waals surface area contributed by atoms with Crippen molar-refractivity contribution in [2.45, 2.75) is 18.4 Å². The van der Waals surface area contributed by atoms with Gasteiger partial charge in [0.1, 0.15) is 5.75 Å². The molecule has 0 spiro atoms. The van der Waals surface area contributed by atoms with E-state index in [2.05, 4.69) is 5.32 Å². The first-order valence-electron chi connectivity index (χ1n) is 9.00. The van der Waals surface area contributed by atoms with E-state index in [4.69, 9.17) is 9.47 Å². The van der Waals surface area contributed by atoms with E-state index in [1.807, 2.05) is 37.3 Å². The third-order valence-corrected chi connectivity index (χ3v) is 5.73. The molecule has 2 aromatic rings. The van der Waals surface area contributed by atoms with Crippen molar-refractivity contribution in [2.24, 2.45) is 0 Å². The van der Waals surface area contributed by atoms with Gasteiger partial charge >= 0.3 is 0 Å². The summed E-state index contributed by atoms with van der Waals surface area (Å²) in [4.78, 5) is 12.4. The average Bonchev–Trinajstić information content (AvgIpc) is 2.69. The van der Waals surface area contributed by atoms with E-state index in [-0.39, 0.29) is 23.9 Å². The van der Waals surface area contributed by atoms with Gasteiger partial charge in [0.05, 0.1) is 24.7 Å². The molecule has 1 amide bonds. The Bertz CT molecular complexity index is 839. The Hall–Kier alpha value is -2.42. The molecule has 0 aliphatic heterocycles. The van der Waals surface area contributed by atoms with Crippen LogP contribution in [0.5, 0.6) is 5.75 Å². The number of sulfonamides is 1. The maximum absolute atomic E-state index is 13.2. The summed E-state index contributed by atoms with van der Waals surface area (Å²) in [5.74, 6) is 0.205. The summed E-state index contributed by atoms with van der Waals surface area (Å²) >= 11 is 0. The van der Waals surface area contributed by atoms with Crippen molar-refractivity contribution >= 4 is 15.9 Å². The number of nitrogens with one attached hydrogen (secondary N) is 1. The maximum Gasteiger partial charge on any atom is 0.243 e. The van der Waals surface area contributed by atoms with Gasteiger partial charge < -0.3 is 14.8 Å². The largest absolute Gasteiger partial charge is 0.494 e. The number of carbonyl (C=O) groups excluding carboxylic acids is 1. The zero-order valence-corrected chi connectivity index (χ0v) is 16.9. The quantitative estimate of drug-likeness (QED) is 0.577. The van der Waals surface area contributed by atoms with E-state index >= 15 is 0 Å².